The van der Waals surface area contributed by atoms with Gasteiger partial charge in [-0.25, -0.2) is 0 Å². The summed E-state index contributed by atoms with van der Waals surface area (Å²) in [5.41, 5.74) is 9.94. The topological polar surface area (TPSA) is 87.7 Å². The Bertz CT molecular complexity index is 839. The average Bonchev–Trinajstić information content (AvgIpc) is 2.94. The molecule has 0 fully saturated rings. The number of H-pyrrole nitrogens is 1. The number of hydrogen-bond acceptors (Lipinski definition) is 4. The van der Waals surface area contributed by atoms with Crippen LogP contribution in [0.2, 0.25) is 0 Å². The first-order valence-corrected chi connectivity index (χ1v) is 8.19. The second-order valence-electron chi connectivity index (χ2n) is 6.52. The summed E-state index contributed by atoms with van der Waals surface area (Å²) in [6, 6.07) is 10.7. The van der Waals surface area contributed by atoms with Crippen LogP contribution in [-0.2, 0) is 5.41 Å². The number of rotatable bonds is 3. The summed E-state index contributed by atoms with van der Waals surface area (Å²) >= 11 is 0. The van der Waals surface area contributed by atoms with Crippen LogP contribution in [0.15, 0.2) is 35.7 Å². The van der Waals surface area contributed by atoms with Crippen molar-refractivity contribution in [3.05, 3.63) is 58.1 Å². The molecule has 1 atom stereocenters. The van der Waals surface area contributed by atoms with E-state index in [1.807, 2.05) is 6.92 Å². The molecule has 3 rings (SSSR count). The summed E-state index contributed by atoms with van der Waals surface area (Å²) in [7, 11) is 0. The van der Waals surface area contributed by atoms with E-state index >= 15 is 0 Å². The maximum atomic E-state index is 9.79. The van der Waals surface area contributed by atoms with Crippen LogP contribution in [0.3, 0.4) is 0 Å². The van der Waals surface area contributed by atoms with Crippen molar-refractivity contribution in [3.63, 3.8) is 0 Å². The molecule has 2 aromatic rings. The summed E-state index contributed by atoms with van der Waals surface area (Å²) in [5.74, 6) is 1.04. The van der Waals surface area contributed by atoms with Gasteiger partial charge in [0, 0.05) is 5.69 Å². The Morgan fingerprint density at radius 3 is 2.54 bits per heavy atom. The van der Waals surface area contributed by atoms with E-state index in [9.17, 15) is 5.26 Å². The molecular formula is C19H22N4O. The minimum Gasteiger partial charge on any atom is -0.420 e. The van der Waals surface area contributed by atoms with Crippen LogP contribution in [0.25, 0.3) is 0 Å². The van der Waals surface area contributed by atoms with Gasteiger partial charge in [0.15, 0.2) is 0 Å². The zero-order chi connectivity index (χ0) is 17.5. The van der Waals surface area contributed by atoms with Gasteiger partial charge in [0.05, 0.1) is 11.0 Å². The summed E-state index contributed by atoms with van der Waals surface area (Å²) < 4.78 is 5.59. The first-order valence-electron chi connectivity index (χ1n) is 8.19. The molecular weight excluding hydrogens is 300 g/mol. The Balaban J connectivity index is 2.30. The van der Waals surface area contributed by atoms with Gasteiger partial charge in [0.2, 0.25) is 11.8 Å². The van der Waals surface area contributed by atoms with Gasteiger partial charge in [-0.2, -0.15) is 5.26 Å². The van der Waals surface area contributed by atoms with Crippen molar-refractivity contribution < 1.29 is 4.74 Å². The normalized spacial score (nSPS) is 19.8. The fourth-order valence-electron chi connectivity index (χ4n) is 3.62. The van der Waals surface area contributed by atoms with Crippen molar-refractivity contribution in [2.75, 3.05) is 0 Å². The van der Waals surface area contributed by atoms with Crippen molar-refractivity contribution in [2.45, 2.75) is 45.4 Å². The number of nitrogens with one attached hydrogen (secondary N) is 1. The largest absolute Gasteiger partial charge is 0.420 e. The van der Waals surface area contributed by atoms with E-state index in [4.69, 9.17) is 10.5 Å². The quantitative estimate of drug-likeness (QED) is 0.903. The lowest BCUT2D eigenvalue weighted by Gasteiger charge is -2.36. The van der Waals surface area contributed by atoms with Crippen LogP contribution in [0, 0.1) is 18.3 Å². The third-order valence-electron chi connectivity index (χ3n) is 4.93. The zero-order valence-electron chi connectivity index (χ0n) is 14.5. The molecule has 1 unspecified atom stereocenters. The number of nitrogens with zero attached hydrogens (tertiary/aromatic N) is 2. The molecule has 5 nitrogen and oxygen atoms in total. The molecule has 1 aromatic heterocycles. The summed E-state index contributed by atoms with van der Waals surface area (Å²) in [6.07, 6.45) is 0.689. The number of nitriles is 1. The lowest BCUT2D eigenvalue weighted by Crippen LogP contribution is -2.36. The molecule has 0 bridgehead atoms. The zero-order valence-corrected chi connectivity index (χ0v) is 14.5. The maximum absolute atomic E-state index is 9.79. The lowest BCUT2D eigenvalue weighted by molar-refractivity contribution is 0.353. The Kier molecular flexibility index (Phi) is 3.84. The predicted molar refractivity (Wildman–Crippen MR) is 92.4 cm³/mol. The van der Waals surface area contributed by atoms with Gasteiger partial charge < -0.3 is 10.5 Å². The third kappa shape index (κ3) is 2.10. The van der Waals surface area contributed by atoms with Crippen LogP contribution in [0.4, 0.5) is 0 Å². The molecule has 0 aliphatic carbocycles. The van der Waals surface area contributed by atoms with E-state index in [0.29, 0.717) is 23.8 Å². The van der Waals surface area contributed by atoms with Gasteiger partial charge in [0.1, 0.15) is 11.6 Å². The summed E-state index contributed by atoms with van der Waals surface area (Å²) in [4.78, 5) is 0. The highest BCUT2D eigenvalue weighted by atomic mass is 16.5. The highest BCUT2D eigenvalue weighted by molar-refractivity contribution is 5.61. The van der Waals surface area contributed by atoms with E-state index in [2.05, 4.69) is 61.3 Å². The van der Waals surface area contributed by atoms with Crippen LogP contribution in [-0.4, -0.2) is 10.2 Å². The van der Waals surface area contributed by atoms with Crippen molar-refractivity contribution in [3.8, 4) is 11.9 Å². The van der Waals surface area contributed by atoms with Crippen LogP contribution in [0.5, 0.6) is 5.88 Å². The molecule has 0 radical (unpaired) electrons. The number of ether oxygens (including phenoxy) is 1. The van der Waals surface area contributed by atoms with Crippen molar-refractivity contribution in [1.29, 1.82) is 5.26 Å². The van der Waals surface area contributed by atoms with Gasteiger partial charge >= 0.3 is 0 Å². The monoisotopic (exact) mass is 322 g/mol. The van der Waals surface area contributed by atoms with Gasteiger partial charge in [-0.05, 0) is 30.4 Å². The van der Waals surface area contributed by atoms with Gasteiger partial charge in [-0.15, -0.1) is 5.10 Å². The van der Waals surface area contributed by atoms with E-state index in [-0.39, 0.29) is 5.88 Å². The van der Waals surface area contributed by atoms with Crippen LogP contribution in [0.1, 0.15) is 55.5 Å². The number of aromatic nitrogens is 2. The minimum absolute atomic E-state index is 0.131. The highest BCUT2D eigenvalue weighted by Gasteiger charge is 2.47. The van der Waals surface area contributed by atoms with Crippen LogP contribution < -0.4 is 10.5 Å². The Morgan fingerprint density at radius 1 is 1.33 bits per heavy atom. The number of aryl methyl sites for hydroxylation is 1. The number of allylic oxidation sites excluding steroid dienone is 1. The standard InChI is InChI=1S/C19H22N4O/c1-5-19(14-8-6-13(7-9-14)11(2)3)15(10-20)17(21)24-18-16(19)12(4)22-23-18/h6-9,11H,5,21H2,1-4H3,(H,22,23). The van der Waals surface area contributed by atoms with E-state index in [1.54, 1.807) is 0 Å². The fraction of sp³-hybridized carbons (Fsp3) is 0.368. The number of benzene rings is 1. The van der Waals surface area contributed by atoms with E-state index in [0.717, 1.165) is 16.8 Å². The number of nitrogens with two attached hydrogens (primary N) is 1. The molecule has 0 amide bonds. The first kappa shape index (κ1) is 16.1. The Hall–Kier alpha value is -2.74. The Morgan fingerprint density at radius 2 is 2.00 bits per heavy atom. The molecule has 3 N–H and O–H groups in total. The maximum Gasteiger partial charge on any atom is 0.244 e. The molecule has 1 aromatic carbocycles. The van der Waals surface area contributed by atoms with Gasteiger partial charge in [0.25, 0.3) is 0 Å². The number of fused-ring (bicyclic) bond motifs is 1. The molecule has 5 heteroatoms. The smallest absolute Gasteiger partial charge is 0.244 e. The predicted octanol–water partition coefficient (Wildman–Crippen LogP) is 3.62. The van der Waals surface area contributed by atoms with Crippen molar-refractivity contribution in [2.24, 2.45) is 5.73 Å². The molecule has 24 heavy (non-hydrogen) atoms. The molecule has 124 valence electrons. The molecule has 0 saturated carbocycles. The average molecular weight is 322 g/mol. The van der Waals surface area contributed by atoms with Gasteiger partial charge in [-0.3, -0.25) is 5.10 Å². The first-order chi connectivity index (χ1) is 11.5. The third-order valence-corrected chi connectivity index (χ3v) is 4.93. The van der Waals surface area contributed by atoms with Crippen molar-refractivity contribution >= 4 is 0 Å². The number of aromatic amines is 1. The summed E-state index contributed by atoms with van der Waals surface area (Å²) in [6.45, 7) is 8.33. The molecule has 1 aliphatic heterocycles. The number of hydrogen-bond donors (Lipinski definition) is 2. The van der Waals surface area contributed by atoms with Gasteiger partial charge in [-0.1, -0.05) is 45.0 Å². The van der Waals surface area contributed by atoms with Crippen molar-refractivity contribution in [1.82, 2.24) is 10.2 Å². The highest BCUT2D eigenvalue weighted by Crippen LogP contribution is 2.50. The van der Waals surface area contributed by atoms with E-state index in [1.165, 1.54) is 5.56 Å². The second-order valence-corrected chi connectivity index (χ2v) is 6.52. The second kappa shape index (κ2) is 5.72. The Labute approximate surface area is 142 Å². The molecule has 2 heterocycles. The minimum atomic E-state index is -0.640. The molecule has 0 saturated heterocycles. The summed E-state index contributed by atoms with van der Waals surface area (Å²) in [5, 5.41) is 17.0. The fourth-order valence-corrected chi connectivity index (χ4v) is 3.62. The SMILES string of the molecule is CCC1(c2ccc(C(C)C)cc2)C(C#N)=C(N)Oc2n[nH]c(C)c21. The lowest BCUT2D eigenvalue weighted by atomic mass is 9.66. The molecule has 1 aliphatic rings. The van der Waals surface area contributed by atoms with Crippen LogP contribution >= 0.6 is 0 Å². The van der Waals surface area contributed by atoms with E-state index < -0.39 is 5.41 Å². The molecule has 0 spiro atoms.